The summed E-state index contributed by atoms with van der Waals surface area (Å²) >= 11 is 0. The van der Waals surface area contributed by atoms with Crippen LogP contribution in [0.1, 0.15) is 10.5 Å². The Bertz CT molecular complexity index is 744. The number of aryl methyl sites for hydroxylation is 1. The lowest BCUT2D eigenvalue weighted by atomic mass is 10.1. The van der Waals surface area contributed by atoms with Gasteiger partial charge in [-0.05, 0) is 12.1 Å². The molecule has 3 rings (SSSR count). The molecule has 4 nitrogen and oxygen atoms in total. The van der Waals surface area contributed by atoms with E-state index in [-0.39, 0.29) is 5.69 Å². The summed E-state index contributed by atoms with van der Waals surface area (Å²) < 4.78 is 1.67. The summed E-state index contributed by atoms with van der Waals surface area (Å²) in [4.78, 5) is 15.4. The Morgan fingerprint density at radius 1 is 1.29 bits per heavy atom. The fourth-order valence-electron chi connectivity index (χ4n) is 2.18. The van der Waals surface area contributed by atoms with E-state index in [1.54, 1.807) is 23.9 Å². The number of benzene rings is 1. The van der Waals surface area contributed by atoms with Crippen LogP contribution in [0, 0.1) is 0 Å². The summed E-state index contributed by atoms with van der Waals surface area (Å²) in [6.07, 6.45) is 1.72. The molecule has 2 aromatic heterocycles. The zero-order valence-corrected chi connectivity index (χ0v) is 9.21. The molecule has 3 aromatic rings. The van der Waals surface area contributed by atoms with Gasteiger partial charge in [0.15, 0.2) is 0 Å². The van der Waals surface area contributed by atoms with Crippen molar-refractivity contribution in [2.45, 2.75) is 0 Å². The summed E-state index contributed by atoms with van der Waals surface area (Å²) in [6, 6.07) is 9.39. The van der Waals surface area contributed by atoms with Crippen LogP contribution in [-0.4, -0.2) is 20.6 Å². The molecule has 0 aliphatic rings. The van der Waals surface area contributed by atoms with Crippen molar-refractivity contribution in [2.75, 3.05) is 0 Å². The van der Waals surface area contributed by atoms with E-state index in [1.165, 1.54) is 0 Å². The lowest BCUT2D eigenvalue weighted by Gasteiger charge is -2.02. The van der Waals surface area contributed by atoms with E-state index in [0.717, 1.165) is 21.8 Å². The van der Waals surface area contributed by atoms with Gasteiger partial charge in [0.05, 0.1) is 11.0 Å². The van der Waals surface area contributed by atoms with Crippen LogP contribution in [0.5, 0.6) is 0 Å². The second-order valence-corrected chi connectivity index (χ2v) is 3.97. The van der Waals surface area contributed by atoms with Crippen LogP contribution in [0.25, 0.3) is 21.8 Å². The minimum absolute atomic E-state index is 0.276. The van der Waals surface area contributed by atoms with E-state index in [0.29, 0.717) is 0 Å². The largest absolute Gasteiger partial charge is 0.477 e. The quantitative estimate of drug-likeness (QED) is 0.693. The van der Waals surface area contributed by atoms with Gasteiger partial charge in [0.2, 0.25) is 0 Å². The third-order valence-electron chi connectivity index (χ3n) is 2.99. The van der Waals surface area contributed by atoms with Crippen molar-refractivity contribution in [3.63, 3.8) is 0 Å². The maximum atomic E-state index is 11.1. The Balaban J connectivity index is 2.53. The Hall–Kier alpha value is -2.36. The molecule has 17 heavy (non-hydrogen) atoms. The number of carboxylic acid groups (broad SMARTS) is 1. The summed E-state index contributed by atoms with van der Waals surface area (Å²) in [5, 5.41) is 11.0. The zero-order chi connectivity index (χ0) is 12.0. The molecule has 0 saturated carbocycles. The Morgan fingerprint density at radius 2 is 2.06 bits per heavy atom. The first kappa shape index (κ1) is 9.84. The highest BCUT2D eigenvalue weighted by Crippen LogP contribution is 2.26. The highest BCUT2D eigenvalue weighted by Gasteiger charge is 2.14. The van der Waals surface area contributed by atoms with E-state index in [2.05, 4.69) is 4.98 Å². The van der Waals surface area contributed by atoms with Gasteiger partial charge >= 0.3 is 5.97 Å². The van der Waals surface area contributed by atoms with Crippen molar-refractivity contribution in [2.24, 2.45) is 7.05 Å². The Labute approximate surface area is 97.1 Å². The SMILES string of the molecule is Cn1c(C(=O)O)cc2ccc3cccnc3c21. The average Bonchev–Trinajstić information content (AvgIpc) is 2.67. The molecule has 2 heterocycles. The van der Waals surface area contributed by atoms with Crippen LogP contribution in [0.3, 0.4) is 0 Å². The first-order valence-electron chi connectivity index (χ1n) is 5.25. The van der Waals surface area contributed by atoms with Gasteiger partial charge in [-0.1, -0.05) is 18.2 Å². The molecular formula is C13H10N2O2. The van der Waals surface area contributed by atoms with Crippen molar-refractivity contribution < 1.29 is 9.90 Å². The van der Waals surface area contributed by atoms with Gasteiger partial charge in [-0.25, -0.2) is 4.79 Å². The smallest absolute Gasteiger partial charge is 0.352 e. The summed E-state index contributed by atoms with van der Waals surface area (Å²) in [5.41, 5.74) is 1.97. The average molecular weight is 226 g/mol. The van der Waals surface area contributed by atoms with Gasteiger partial charge in [-0.15, -0.1) is 0 Å². The van der Waals surface area contributed by atoms with Crippen LogP contribution >= 0.6 is 0 Å². The number of carboxylic acids is 1. The number of hydrogen-bond acceptors (Lipinski definition) is 2. The molecule has 0 bridgehead atoms. The van der Waals surface area contributed by atoms with Crippen molar-refractivity contribution in [1.29, 1.82) is 0 Å². The summed E-state index contributed by atoms with van der Waals surface area (Å²) in [7, 11) is 1.75. The molecule has 0 unspecified atom stereocenters. The lowest BCUT2D eigenvalue weighted by molar-refractivity contribution is 0.0687. The third kappa shape index (κ3) is 1.30. The van der Waals surface area contributed by atoms with Crippen LogP contribution in [-0.2, 0) is 7.05 Å². The summed E-state index contributed by atoms with van der Waals surface area (Å²) in [6.45, 7) is 0. The predicted molar refractivity (Wildman–Crippen MR) is 65.2 cm³/mol. The van der Waals surface area contributed by atoms with Gasteiger partial charge in [-0.3, -0.25) is 4.98 Å². The minimum Gasteiger partial charge on any atom is -0.477 e. The Kier molecular flexibility index (Phi) is 1.92. The van der Waals surface area contributed by atoms with Crippen LogP contribution in [0.2, 0.25) is 0 Å². The van der Waals surface area contributed by atoms with Gasteiger partial charge in [-0.2, -0.15) is 0 Å². The molecule has 84 valence electrons. The molecule has 0 spiro atoms. The molecule has 0 aliphatic carbocycles. The second kappa shape index (κ2) is 3.31. The first-order chi connectivity index (χ1) is 8.18. The van der Waals surface area contributed by atoms with E-state index in [4.69, 9.17) is 5.11 Å². The maximum absolute atomic E-state index is 11.1. The molecule has 0 radical (unpaired) electrons. The zero-order valence-electron chi connectivity index (χ0n) is 9.21. The van der Waals surface area contributed by atoms with Gasteiger partial charge in [0.25, 0.3) is 0 Å². The molecule has 1 aromatic carbocycles. The molecular weight excluding hydrogens is 216 g/mol. The minimum atomic E-state index is -0.923. The van der Waals surface area contributed by atoms with E-state index >= 15 is 0 Å². The monoisotopic (exact) mass is 226 g/mol. The van der Waals surface area contributed by atoms with Crippen LogP contribution < -0.4 is 0 Å². The maximum Gasteiger partial charge on any atom is 0.352 e. The molecule has 0 saturated heterocycles. The molecule has 0 amide bonds. The third-order valence-corrected chi connectivity index (χ3v) is 2.99. The molecule has 4 heteroatoms. The van der Waals surface area contributed by atoms with Gasteiger partial charge < -0.3 is 9.67 Å². The Morgan fingerprint density at radius 3 is 2.82 bits per heavy atom. The van der Waals surface area contributed by atoms with Crippen molar-refractivity contribution in [3.8, 4) is 0 Å². The van der Waals surface area contributed by atoms with Crippen molar-refractivity contribution >= 4 is 27.8 Å². The number of nitrogens with zero attached hydrogens (tertiary/aromatic N) is 2. The molecule has 0 fully saturated rings. The standard InChI is InChI=1S/C13H10N2O2/c1-15-10(13(16)17)7-9-5-4-8-3-2-6-14-11(8)12(9)15/h2-7H,1H3,(H,16,17). The van der Waals surface area contributed by atoms with Crippen LogP contribution in [0.15, 0.2) is 36.5 Å². The number of aromatic carboxylic acids is 1. The van der Waals surface area contributed by atoms with Crippen molar-refractivity contribution in [1.82, 2.24) is 9.55 Å². The summed E-state index contributed by atoms with van der Waals surface area (Å²) in [5.74, 6) is -0.923. The van der Waals surface area contributed by atoms with E-state index < -0.39 is 5.97 Å². The fourth-order valence-corrected chi connectivity index (χ4v) is 2.18. The van der Waals surface area contributed by atoms with E-state index in [9.17, 15) is 4.79 Å². The highest BCUT2D eigenvalue weighted by atomic mass is 16.4. The van der Waals surface area contributed by atoms with Gasteiger partial charge in [0.1, 0.15) is 5.69 Å². The fraction of sp³-hybridized carbons (Fsp3) is 0.0769. The first-order valence-corrected chi connectivity index (χ1v) is 5.25. The number of fused-ring (bicyclic) bond motifs is 3. The number of aromatic nitrogens is 2. The lowest BCUT2D eigenvalue weighted by Crippen LogP contribution is -2.03. The van der Waals surface area contributed by atoms with Crippen molar-refractivity contribution in [3.05, 3.63) is 42.2 Å². The number of pyridine rings is 1. The number of carbonyl (C=O) groups is 1. The normalized spacial score (nSPS) is 11.1. The highest BCUT2D eigenvalue weighted by molar-refractivity contribution is 6.06. The number of rotatable bonds is 1. The topological polar surface area (TPSA) is 55.1 Å². The van der Waals surface area contributed by atoms with Crippen LogP contribution in [0.4, 0.5) is 0 Å². The predicted octanol–water partition coefficient (Wildman–Crippen LogP) is 2.42. The second-order valence-electron chi connectivity index (χ2n) is 3.97. The number of hydrogen-bond donors (Lipinski definition) is 1. The molecule has 1 N–H and O–H groups in total. The molecule has 0 aliphatic heterocycles. The van der Waals surface area contributed by atoms with Gasteiger partial charge in [0, 0.05) is 24.0 Å². The van der Waals surface area contributed by atoms with E-state index in [1.807, 2.05) is 24.3 Å². The molecule has 0 atom stereocenters.